The number of rotatable bonds is 11. The number of ether oxygens (including phenoxy) is 3. The van der Waals surface area contributed by atoms with Crippen molar-refractivity contribution in [1.29, 1.82) is 0 Å². The van der Waals surface area contributed by atoms with Crippen LogP contribution in [0.5, 0.6) is 11.5 Å². The number of carbonyl (C=O) groups is 1. The number of β-amino-alcohol motifs (C(OH)–C–C–N with tert-alkyl or cyclic N) is 1. The summed E-state index contributed by atoms with van der Waals surface area (Å²) in [7, 11) is 1.61. The molecule has 4 rings (SSSR count). The van der Waals surface area contributed by atoms with Gasteiger partial charge in [0, 0.05) is 36.8 Å². The summed E-state index contributed by atoms with van der Waals surface area (Å²) in [5.41, 5.74) is 2.91. The Kier molecular flexibility index (Phi) is 8.08. The van der Waals surface area contributed by atoms with E-state index >= 15 is 0 Å². The van der Waals surface area contributed by atoms with Crippen molar-refractivity contribution >= 4 is 11.6 Å². The number of hydrogen-bond donors (Lipinski definition) is 1. The lowest BCUT2D eigenvalue weighted by Gasteiger charge is -2.35. The van der Waals surface area contributed by atoms with Gasteiger partial charge in [0.2, 0.25) is 5.91 Å². The van der Waals surface area contributed by atoms with Gasteiger partial charge in [-0.3, -0.25) is 4.79 Å². The van der Waals surface area contributed by atoms with Crippen molar-refractivity contribution in [3.05, 3.63) is 66.2 Å². The summed E-state index contributed by atoms with van der Waals surface area (Å²) < 4.78 is 17.4. The summed E-state index contributed by atoms with van der Waals surface area (Å²) in [6.45, 7) is 6.07. The number of fused-ring (bicyclic) bond motifs is 1. The number of aliphatic hydroxyl groups is 1. The van der Waals surface area contributed by atoms with E-state index < -0.39 is 6.10 Å². The molecule has 1 aliphatic carbocycles. The van der Waals surface area contributed by atoms with E-state index in [9.17, 15) is 9.90 Å². The van der Waals surface area contributed by atoms with E-state index in [4.69, 9.17) is 14.2 Å². The molecule has 0 aromatic heterocycles. The van der Waals surface area contributed by atoms with Crippen molar-refractivity contribution in [1.82, 2.24) is 4.90 Å². The molecule has 0 unspecified atom stereocenters. The van der Waals surface area contributed by atoms with Crippen molar-refractivity contribution in [2.45, 2.75) is 44.6 Å². The van der Waals surface area contributed by atoms with Crippen molar-refractivity contribution in [2.24, 2.45) is 0 Å². The molecule has 1 atom stereocenters. The molecule has 7 heteroatoms. The highest BCUT2D eigenvalue weighted by Crippen LogP contribution is 2.42. The quantitative estimate of drug-likeness (QED) is 0.511. The molecule has 34 heavy (non-hydrogen) atoms. The predicted octanol–water partition coefficient (Wildman–Crippen LogP) is 3.54. The van der Waals surface area contributed by atoms with E-state index in [1.165, 1.54) is 0 Å². The van der Waals surface area contributed by atoms with Crippen LogP contribution < -0.4 is 14.4 Å². The Labute approximate surface area is 201 Å². The van der Waals surface area contributed by atoms with Gasteiger partial charge < -0.3 is 29.1 Å². The average Bonchev–Trinajstić information content (AvgIpc) is 3.68. The van der Waals surface area contributed by atoms with Crippen molar-refractivity contribution in [2.75, 3.05) is 38.3 Å². The summed E-state index contributed by atoms with van der Waals surface area (Å²) in [5.74, 6) is 1.38. The first-order valence-corrected chi connectivity index (χ1v) is 11.9. The van der Waals surface area contributed by atoms with Crippen molar-refractivity contribution in [3.63, 3.8) is 0 Å². The van der Waals surface area contributed by atoms with Crippen LogP contribution in [0.1, 0.15) is 30.4 Å². The standard InChI is InChI=1S/C27H34N2O5/c1-3-15-34-27-23-17-29(21-9-10-21)26(31)13-14-28(24(23)11-12-25(27)32-2)16-22(30)19-33-18-20-7-5-4-6-8-20/h3-8,11-12,21-22,30H,1,9-10,13-19H2,2H3/t22-/m1/s1. The molecule has 1 saturated carbocycles. The van der Waals surface area contributed by atoms with Crippen LogP contribution in [0.3, 0.4) is 0 Å². The molecule has 2 aromatic rings. The third-order valence-corrected chi connectivity index (χ3v) is 6.19. The number of nitrogens with zero attached hydrogens (tertiary/aromatic N) is 2. The number of anilines is 1. The van der Waals surface area contributed by atoms with Gasteiger partial charge in [-0.15, -0.1) is 0 Å². The van der Waals surface area contributed by atoms with E-state index in [-0.39, 0.29) is 12.5 Å². The second-order valence-corrected chi connectivity index (χ2v) is 8.80. The monoisotopic (exact) mass is 466 g/mol. The predicted molar refractivity (Wildman–Crippen MR) is 131 cm³/mol. The fraction of sp³-hybridized carbons (Fsp3) is 0.444. The van der Waals surface area contributed by atoms with Crippen LogP contribution >= 0.6 is 0 Å². The van der Waals surface area contributed by atoms with E-state index in [0.29, 0.717) is 56.8 Å². The number of benzene rings is 2. The van der Waals surface area contributed by atoms with Crippen LogP contribution in [0.2, 0.25) is 0 Å². The smallest absolute Gasteiger partial charge is 0.224 e. The van der Waals surface area contributed by atoms with Gasteiger partial charge in [-0.05, 0) is 30.5 Å². The summed E-state index contributed by atoms with van der Waals surface area (Å²) >= 11 is 0. The Bertz CT molecular complexity index is 976. The Balaban J connectivity index is 1.55. The lowest BCUT2D eigenvalue weighted by atomic mass is 10.1. The Hall–Kier alpha value is -3.03. The number of methoxy groups -OCH3 is 1. The number of amides is 1. The minimum atomic E-state index is -0.703. The van der Waals surface area contributed by atoms with Gasteiger partial charge in [0.25, 0.3) is 0 Å². The molecule has 182 valence electrons. The van der Waals surface area contributed by atoms with Crippen LogP contribution in [0.25, 0.3) is 0 Å². The van der Waals surface area contributed by atoms with E-state index in [1.807, 2.05) is 47.4 Å². The first kappa shape index (κ1) is 24.1. The molecule has 0 bridgehead atoms. The molecule has 0 radical (unpaired) electrons. The summed E-state index contributed by atoms with van der Waals surface area (Å²) in [5, 5.41) is 10.8. The van der Waals surface area contributed by atoms with E-state index in [2.05, 4.69) is 11.5 Å². The largest absolute Gasteiger partial charge is 0.493 e. The number of hydrogen-bond acceptors (Lipinski definition) is 6. The third kappa shape index (κ3) is 5.90. The average molecular weight is 467 g/mol. The topological polar surface area (TPSA) is 71.5 Å². The number of carbonyl (C=O) groups excluding carboxylic acids is 1. The molecule has 1 heterocycles. The number of aliphatic hydroxyl groups excluding tert-OH is 1. The second kappa shape index (κ2) is 11.4. The van der Waals surface area contributed by atoms with Gasteiger partial charge >= 0.3 is 0 Å². The minimum absolute atomic E-state index is 0.130. The van der Waals surface area contributed by atoms with Gasteiger partial charge in [0.05, 0.1) is 33.0 Å². The molecule has 2 aliphatic rings. The Morgan fingerprint density at radius 3 is 2.71 bits per heavy atom. The van der Waals surface area contributed by atoms with Crippen molar-refractivity contribution < 1.29 is 24.1 Å². The SMILES string of the molecule is C=CCOc1c(OC)ccc2c1CN(C1CC1)C(=O)CCN2C[C@@H](O)COCc1ccccc1. The molecule has 1 fully saturated rings. The van der Waals surface area contributed by atoms with Gasteiger partial charge in [-0.25, -0.2) is 0 Å². The molecular weight excluding hydrogens is 432 g/mol. The zero-order valence-electron chi connectivity index (χ0n) is 19.8. The first-order chi connectivity index (χ1) is 16.6. The minimum Gasteiger partial charge on any atom is -0.493 e. The fourth-order valence-corrected chi connectivity index (χ4v) is 4.36. The highest BCUT2D eigenvalue weighted by atomic mass is 16.5. The Morgan fingerprint density at radius 2 is 2.00 bits per heavy atom. The summed E-state index contributed by atoms with van der Waals surface area (Å²) in [6, 6.07) is 14.1. The second-order valence-electron chi connectivity index (χ2n) is 8.80. The fourth-order valence-electron chi connectivity index (χ4n) is 4.36. The van der Waals surface area contributed by atoms with Gasteiger partial charge in [0.15, 0.2) is 11.5 Å². The maximum absolute atomic E-state index is 13.0. The maximum atomic E-state index is 13.0. The molecule has 0 saturated heterocycles. The van der Waals surface area contributed by atoms with E-state index in [0.717, 1.165) is 29.7 Å². The van der Waals surface area contributed by atoms with Crippen molar-refractivity contribution in [3.8, 4) is 11.5 Å². The highest BCUT2D eigenvalue weighted by Gasteiger charge is 2.36. The normalized spacial score (nSPS) is 16.9. The molecular formula is C27H34N2O5. The lowest BCUT2D eigenvalue weighted by Crippen LogP contribution is -2.42. The zero-order chi connectivity index (χ0) is 23.9. The molecule has 1 N–H and O–H groups in total. The molecule has 7 nitrogen and oxygen atoms in total. The van der Waals surface area contributed by atoms with Crippen LogP contribution in [-0.4, -0.2) is 61.5 Å². The Morgan fingerprint density at radius 1 is 1.21 bits per heavy atom. The highest BCUT2D eigenvalue weighted by molar-refractivity contribution is 5.79. The molecule has 1 aliphatic heterocycles. The van der Waals surface area contributed by atoms with Gasteiger partial charge in [-0.1, -0.05) is 43.0 Å². The van der Waals surface area contributed by atoms with Gasteiger partial charge in [-0.2, -0.15) is 0 Å². The zero-order valence-corrected chi connectivity index (χ0v) is 19.8. The summed E-state index contributed by atoms with van der Waals surface area (Å²) in [4.78, 5) is 17.1. The molecule has 0 spiro atoms. The van der Waals surface area contributed by atoms with E-state index in [1.54, 1.807) is 13.2 Å². The van der Waals surface area contributed by atoms with Crippen LogP contribution in [0, 0.1) is 0 Å². The maximum Gasteiger partial charge on any atom is 0.224 e. The van der Waals surface area contributed by atoms with Crippen LogP contribution in [0.15, 0.2) is 55.1 Å². The van der Waals surface area contributed by atoms with Gasteiger partial charge in [0.1, 0.15) is 6.61 Å². The molecule has 1 amide bonds. The van der Waals surface area contributed by atoms with Crippen LogP contribution in [0.4, 0.5) is 5.69 Å². The first-order valence-electron chi connectivity index (χ1n) is 11.9. The summed E-state index contributed by atoms with van der Waals surface area (Å²) in [6.07, 6.45) is 3.47. The van der Waals surface area contributed by atoms with Crippen LogP contribution in [-0.2, 0) is 22.7 Å². The third-order valence-electron chi connectivity index (χ3n) is 6.19. The lowest BCUT2D eigenvalue weighted by molar-refractivity contribution is -0.132. The molecule has 2 aromatic carbocycles.